The second kappa shape index (κ2) is 9.35. The fourth-order valence-corrected chi connectivity index (χ4v) is 4.04. The molecule has 2 rings (SSSR count). The van der Waals surface area contributed by atoms with Crippen molar-refractivity contribution < 1.29 is 17.9 Å². The molecule has 0 bridgehead atoms. The summed E-state index contributed by atoms with van der Waals surface area (Å²) in [5.74, 6) is -0.291. The molecule has 0 N–H and O–H groups in total. The van der Waals surface area contributed by atoms with Crippen LogP contribution in [-0.4, -0.2) is 31.8 Å². The second-order valence-electron chi connectivity index (χ2n) is 6.43. The Kier molecular flexibility index (Phi) is 7.41. The van der Waals surface area contributed by atoms with Gasteiger partial charge in [0.15, 0.2) is 0 Å². The first kappa shape index (κ1) is 21.4. The molecule has 0 saturated carbocycles. The van der Waals surface area contributed by atoms with E-state index >= 15 is 0 Å². The van der Waals surface area contributed by atoms with Gasteiger partial charge in [0, 0.05) is 11.6 Å². The topological polar surface area (TPSA) is 63.7 Å². The van der Waals surface area contributed by atoms with Gasteiger partial charge in [-0.15, -0.1) is 0 Å². The normalized spacial score (nSPS) is 11.8. The van der Waals surface area contributed by atoms with Crippen LogP contribution in [0.3, 0.4) is 0 Å². The number of hydrogen-bond acceptors (Lipinski definition) is 4. The van der Waals surface area contributed by atoms with Crippen LogP contribution < -0.4 is 0 Å². The van der Waals surface area contributed by atoms with Crippen LogP contribution in [0.15, 0.2) is 53.4 Å². The molecule has 0 amide bonds. The Morgan fingerprint density at radius 1 is 1.07 bits per heavy atom. The van der Waals surface area contributed by atoms with Gasteiger partial charge in [-0.3, -0.25) is 4.79 Å². The van der Waals surface area contributed by atoms with Gasteiger partial charge in [-0.1, -0.05) is 49.7 Å². The standard InChI is InChI=1S/C20H24ClNO4S/c1-4-26-20(23)14-22(13-16-5-9-18(21)10-6-16)27(24,25)19-11-7-17(8-12-19)15(2)3/h5-12,15H,4,13-14H2,1-3H3. The summed E-state index contributed by atoms with van der Waals surface area (Å²) in [6.45, 7) is 5.64. The largest absolute Gasteiger partial charge is 0.465 e. The lowest BCUT2D eigenvalue weighted by atomic mass is 10.0. The van der Waals surface area contributed by atoms with E-state index in [9.17, 15) is 13.2 Å². The first-order chi connectivity index (χ1) is 12.7. The Labute approximate surface area is 166 Å². The third kappa shape index (κ3) is 5.79. The van der Waals surface area contributed by atoms with Gasteiger partial charge < -0.3 is 4.74 Å². The molecule has 0 aliphatic rings. The monoisotopic (exact) mass is 409 g/mol. The highest BCUT2D eigenvalue weighted by atomic mass is 35.5. The molecule has 0 fully saturated rings. The Hall–Kier alpha value is -1.89. The van der Waals surface area contributed by atoms with E-state index in [1.807, 2.05) is 13.8 Å². The summed E-state index contributed by atoms with van der Waals surface area (Å²) >= 11 is 5.89. The minimum atomic E-state index is -3.87. The molecule has 2 aromatic carbocycles. The fraction of sp³-hybridized carbons (Fsp3) is 0.350. The summed E-state index contributed by atoms with van der Waals surface area (Å²) in [5.41, 5.74) is 1.77. The lowest BCUT2D eigenvalue weighted by molar-refractivity contribution is -0.143. The van der Waals surface area contributed by atoms with Gasteiger partial charge in [0.05, 0.1) is 11.5 Å². The van der Waals surface area contributed by atoms with Crippen molar-refractivity contribution in [2.24, 2.45) is 0 Å². The van der Waals surface area contributed by atoms with Crippen LogP contribution in [0.1, 0.15) is 37.8 Å². The Balaban J connectivity index is 2.34. The average Bonchev–Trinajstić information content (AvgIpc) is 2.63. The SMILES string of the molecule is CCOC(=O)CN(Cc1ccc(Cl)cc1)S(=O)(=O)c1ccc(C(C)C)cc1. The number of nitrogens with zero attached hydrogens (tertiary/aromatic N) is 1. The van der Waals surface area contributed by atoms with E-state index < -0.39 is 16.0 Å². The zero-order valence-corrected chi connectivity index (χ0v) is 17.3. The number of halogens is 1. The van der Waals surface area contributed by atoms with Crippen molar-refractivity contribution in [3.8, 4) is 0 Å². The van der Waals surface area contributed by atoms with E-state index in [4.69, 9.17) is 16.3 Å². The summed E-state index contributed by atoms with van der Waals surface area (Å²) in [7, 11) is -3.87. The van der Waals surface area contributed by atoms with E-state index in [1.165, 1.54) is 0 Å². The van der Waals surface area contributed by atoms with E-state index in [-0.39, 0.29) is 24.6 Å². The third-order valence-corrected chi connectivity index (χ3v) is 6.13. The van der Waals surface area contributed by atoms with Crippen LogP contribution in [0, 0.1) is 0 Å². The highest BCUT2D eigenvalue weighted by Crippen LogP contribution is 2.22. The number of esters is 1. The fourth-order valence-electron chi connectivity index (χ4n) is 2.54. The van der Waals surface area contributed by atoms with Crippen molar-refractivity contribution >= 4 is 27.6 Å². The molecule has 7 heteroatoms. The first-order valence-corrected chi connectivity index (χ1v) is 10.6. The van der Waals surface area contributed by atoms with E-state index in [0.717, 1.165) is 15.4 Å². The van der Waals surface area contributed by atoms with Gasteiger partial charge >= 0.3 is 5.97 Å². The van der Waals surface area contributed by atoms with Gasteiger partial charge in [-0.25, -0.2) is 8.42 Å². The van der Waals surface area contributed by atoms with Gasteiger partial charge in [-0.05, 0) is 48.2 Å². The van der Waals surface area contributed by atoms with Crippen molar-refractivity contribution in [2.75, 3.05) is 13.2 Å². The van der Waals surface area contributed by atoms with Crippen LogP contribution >= 0.6 is 11.6 Å². The summed E-state index contributed by atoms with van der Waals surface area (Å²) < 4.78 is 32.3. The quantitative estimate of drug-likeness (QED) is 0.612. The van der Waals surface area contributed by atoms with E-state index in [2.05, 4.69) is 0 Å². The van der Waals surface area contributed by atoms with Crippen LogP contribution in [0.5, 0.6) is 0 Å². The smallest absolute Gasteiger partial charge is 0.321 e. The number of carbonyl (C=O) groups excluding carboxylic acids is 1. The molecule has 27 heavy (non-hydrogen) atoms. The van der Waals surface area contributed by atoms with Crippen molar-refractivity contribution in [1.29, 1.82) is 0 Å². The van der Waals surface area contributed by atoms with Gasteiger partial charge in [0.2, 0.25) is 10.0 Å². The van der Waals surface area contributed by atoms with E-state index in [1.54, 1.807) is 55.5 Å². The summed E-state index contributed by atoms with van der Waals surface area (Å²) in [5, 5.41) is 0.558. The molecule has 5 nitrogen and oxygen atoms in total. The molecule has 0 aliphatic carbocycles. The van der Waals surface area contributed by atoms with Gasteiger partial charge in [0.25, 0.3) is 0 Å². The molecule has 0 spiro atoms. The molecule has 0 saturated heterocycles. The van der Waals surface area contributed by atoms with Gasteiger partial charge in [-0.2, -0.15) is 4.31 Å². The predicted molar refractivity (Wildman–Crippen MR) is 106 cm³/mol. The molecule has 0 radical (unpaired) electrons. The van der Waals surface area contributed by atoms with Crippen LogP contribution in [0.25, 0.3) is 0 Å². The first-order valence-electron chi connectivity index (χ1n) is 8.74. The maximum atomic E-state index is 13.1. The molecule has 0 aliphatic heterocycles. The Bertz CT molecular complexity index is 862. The zero-order chi connectivity index (χ0) is 20.0. The summed E-state index contributed by atoms with van der Waals surface area (Å²) in [6.07, 6.45) is 0. The van der Waals surface area contributed by atoms with Gasteiger partial charge in [0.1, 0.15) is 6.54 Å². The van der Waals surface area contributed by atoms with Crippen LogP contribution in [-0.2, 0) is 26.1 Å². The molecular weight excluding hydrogens is 386 g/mol. The van der Waals surface area contributed by atoms with Crippen molar-refractivity contribution in [2.45, 2.75) is 38.1 Å². The highest BCUT2D eigenvalue weighted by molar-refractivity contribution is 7.89. The Morgan fingerprint density at radius 2 is 1.67 bits per heavy atom. The molecule has 0 atom stereocenters. The summed E-state index contributed by atoms with van der Waals surface area (Å²) in [6, 6.07) is 13.6. The molecular formula is C20H24ClNO4S. The highest BCUT2D eigenvalue weighted by Gasteiger charge is 2.27. The predicted octanol–water partition coefficient (Wildman–Crippen LogP) is 4.22. The molecule has 0 aromatic heterocycles. The van der Waals surface area contributed by atoms with Crippen LogP contribution in [0.2, 0.25) is 5.02 Å². The number of rotatable bonds is 8. The molecule has 0 heterocycles. The van der Waals surface area contributed by atoms with Crippen molar-refractivity contribution in [1.82, 2.24) is 4.31 Å². The maximum Gasteiger partial charge on any atom is 0.321 e. The zero-order valence-electron chi connectivity index (χ0n) is 15.7. The lowest BCUT2D eigenvalue weighted by Crippen LogP contribution is -2.36. The number of hydrogen-bond donors (Lipinski definition) is 0. The third-order valence-electron chi connectivity index (χ3n) is 4.07. The molecule has 0 unspecified atom stereocenters. The number of benzene rings is 2. The lowest BCUT2D eigenvalue weighted by Gasteiger charge is -2.22. The van der Waals surface area contributed by atoms with Crippen LogP contribution in [0.4, 0.5) is 0 Å². The maximum absolute atomic E-state index is 13.1. The number of sulfonamides is 1. The average molecular weight is 410 g/mol. The minimum Gasteiger partial charge on any atom is -0.465 e. The Morgan fingerprint density at radius 3 is 2.19 bits per heavy atom. The van der Waals surface area contributed by atoms with E-state index in [0.29, 0.717) is 10.9 Å². The molecule has 2 aromatic rings. The van der Waals surface area contributed by atoms with Crippen molar-refractivity contribution in [3.05, 3.63) is 64.7 Å². The molecule has 146 valence electrons. The second-order valence-corrected chi connectivity index (χ2v) is 8.80. The number of ether oxygens (including phenoxy) is 1. The van der Waals surface area contributed by atoms with Crippen molar-refractivity contribution in [3.63, 3.8) is 0 Å². The minimum absolute atomic E-state index is 0.0459. The summed E-state index contributed by atoms with van der Waals surface area (Å²) in [4.78, 5) is 12.1. The number of carbonyl (C=O) groups is 1.